The van der Waals surface area contributed by atoms with Crippen molar-refractivity contribution in [3.63, 3.8) is 0 Å². The third kappa shape index (κ3) is 5.13. The molecule has 23 heavy (non-hydrogen) atoms. The second kappa shape index (κ2) is 8.36. The van der Waals surface area contributed by atoms with E-state index in [1.165, 1.54) is 5.56 Å². The van der Waals surface area contributed by atoms with E-state index in [0.717, 1.165) is 24.9 Å². The Bertz CT molecular complexity index is 615. The van der Waals surface area contributed by atoms with E-state index < -0.39 is 0 Å². The normalized spacial score (nSPS) is 11.8. The van der Waals surface area contributed by atoms with E-state index in [9.17, 15) is 0 Å². The van der Waals surface area contributed by atoms with Gasteiger partial charge in [0.1, 0.15) is 5.82 Å². The lowest BCUT2D eigenvalue weighted by Gasteiger charge is -2.22. The van der Waals surface area contributed by atoms with Crippen molar-refractivity contribution in [2.45, 2.75) is 33.5 Å². The van der Waals surface area contributed by atoms with E-state index in [4.69, 9.17) is 0 Å². The van der Waals surface area contributed by atoms with Gasteiger partial charge >= 0.3 is 0 Å². The molecule has 1 N–H and O–H groups in total. The molecule has 1 aromatic carbocycles. The van der Waals surface area contributed by atoms with Crippen LogP contribution in [0.5, 0.6) is 0 Å². The van der Waals surface area contributed by atoms with Crippen LogP contribution in [0.2, 0.25) is 0 Å². The fourth-order valence-corrected chi connectivity index (χ4v) is 2.54. The molecule has 5 nitrogen and oxygen atoms in total. The standard InChI is InChI=1S/C18H27N5/c1-15(2)13-23-11-10-20-17(23)12-21-18(19-3)22(4)14-16-8-6-5-7-9-16/h5-11,15H,12-14H2,1-4H3,(H,19,21). The number of hydrogen-bond donors (Lipinski definition) is 1. The number of nitrogens with one attached hydrogen (secondary N) is 1. The predicted octanol–water partition coefficient (Wildman–Crippen LogP) is 2.75. The van der Waals surface area contributed by atoms with Crippen molar-refractivity contribution in [2.24, 2.45) is 10.9 Å². The number of imidazole rings is 1. The van der Waals surface area contributed by atoms with Crippen molar-refractivity contribution in [3.05, 3.63) is 54.1 Å². The molecule has 0 saturated heterocycles. The Labute approximate surface area is 139 Å². The van der Waals surface area contributed by atoms with Gasteiger partial charge in [-0.05, 0) is 11.5 Å². The number of nitrogens with zero attached hydrogens (tertiary/aromatic N) is 4. The smallest absolute Gasteiger partial charge is 0.194 e. The largest absolute Gasteiger partial charge is 0.349 e. The molecule has 0 spiro atoms. The van der Waals surface area contributed by atoms with Crippen LogP contribution >= 0.6 is 0 Å². The van der Waals surface area contributed by atoms with Gasteiger partial charge in [-0.25, -0.2) is 4.98 Å². The summed E-state index contributed by atoms with van der Waals surface area (Å²) in [7, 11) is 3.85. The number of benzene rings is 1. The molecular formula is C18H27N5. The SMILES string of the molecule is CN=C(NCc1nccn1CC(C)C)N(C)Cc1ccccc1. The maximum atomic E-state index is 4.45. The lowest BCUT2D eigenvalue weighted by molar-refractivity contribution is 0.468. The van der Waals surface area contributed by atoms with Crippen LogP contribution in [-0.4, -0.2) is 34.5 Å². The molecule has 0 unspecified atom stereocenters. The summed E-state index contributed by atoms with van der Waals surface area (Å²) < 4.78 is 2.20. The Morgan fingerprint density at radius 2 is 2.04 bits per heavy atom. The molecule has 0 bridgehead atoms. The fraction of sp³-hybridized carbons (Fsp3) is 0.444. The van der Waals surface area contributed by atoms with Crippen molar-refractivity contribution in [1.82, 2.24) is 19.8 Å². The Hall–Kier alpha value is -2.30. The fourth-order valence-electron chi connectivity index (χ4n) is 2.54. The zero-order valence-corrected chi connectivity index (χ0v) is 14.5. The Morgan fingerprint density at radius 1 is 1.30 bits per heavy atom. The minimum absolute atomic E-state index is 0.600. The van der Waals surface area contributed by atoms with Crippen LogP contribution in [0.1, 0.15) is 25.2 Å². The quantitative estimate of drug-likeness (QED) is 0.659. The molecular weight excluding hydrogens is 286 g/mol. The van der Waals surface area contributed by atoms with Gasteiger partial charge in [0.05, 0.1) is 6.54 Å². The van der Waals surface area contributed by atoms with Crippen molar-refractivity contribution in [1.29, 1.82) is 0 Å². The lowest BCUT2D eigenvalue weighted by atomic mass is 10.2. The minimum atomic E-state index is 0.600. The van der Waals surface area contributed by atoms with Gasteiger partial charge in [-0.15, -0.1) is 0 Å². The summed E-state index contributed by atoms with van der Waals surface area (Å²) in [5, 5.41) is 3.40. The first kappa shape index (κ1) is 17.1. The highest BCUT2D eigenvalue weighted by Gasteiger charge is 2.09. The van der Waals surface area contributed by atoms with Gasteiger partial charge in [0.25, 0.3) is 0 Å². The van der Waals surface area contributed by atoms with Crippen molar-refractivity contribution >= 4 is 5.96 Å². The second-order valence-electron chi connectivity index (χ2n) is 6.13. The number of aromatic nitrogens is 2. The van der Waals surface area contributed by atoms with Crippen LogP contribution in [0.3, 0.4) is 0 Å². The molecule has 5 heteroatoms. The summed E-state index contributed by atoms with van der Waals surface area (Å²) in [5.41, 5.74) is 1.26. The van der Waals surface area contributed by atoms with Gasteiger partial charge in [-0.2, -0.15) is 0 Å². The highest BCUT2D eigenvalue weighted by molar-refractivity contribution is 5.79. The molecule has 0 aliphatic heterocycles. The molecule has 0 fully saturated rings. The van der Waals surface area contributed by atoms with E-state index in [1.54, 1.807) is 0 Å². The van der Waals surface area contributed by atoms with E-state index >= 15 is 0 Å². The topological polar surface area (TPSA) is 45.5 Å². The number of guanidine groups is 1. The monoisotopic (exact) mass is 313 g/mol. The van der Waals surface area contributed by atoms with Crippen molar-refractivity contribution in [3.8, 4) is 0 Å². The zero-order valence-electron chi connectivity index (χ0n) is 14.5. The number of hydrogen-bond acceptors (Lipinski definition) is 2. The third-order valence-electron chi connectivity index (χ3n) is 3.60. The second-order valence-corrected chi connectivity index (χ2v) is 6.13. The van der Waals surface area contributed by atoms with Crippen LogP contribution in [0.4, 0.5) is 0 Å². The summed E-state index contributed by atoms with van der Waals surface area (Å²) in [4.78, 5) is 10.9. The van der Waals surface area contributed by atoms with Gasteiger partial charge in [-0.3, -0.25) is 4.99 Å². The van der Waals surface area contributed by atoms with Crippen LogP contribution in [-0.2, 0) is 19.6 Å². The Kier molecular flexibility index (Phi) is 6.20. The molecule has 0 aliphatic rings. The first-order valence-corrected chi connectivity index (χ1v) is 8.06. The molecule has 0 aliphatic carbocycles. The average molecular weight is 313 g/mol. The molecule has 2 aromatic rings. The van der Waals surface area contributed by atoms with Gasteiger partial charge in [0.15, 0.2) is 5.96 Å². The highest BCUT2D eigenvalue weighted by Crippen LogP contribution is 2.05. The molecule has 0 amide bonds. The molecule has 2 rings (SSSR count). The van der Waals surface area contributed by atoms with Crippen molar-refractivity contribution in [2.75, 3.05) is 14.1 Å². The predicted molar refractivity (Wildman–Crippen MR) is 95.2 cm³/mol. The number of aliphatic imine (C=N–C) groups is 1. The summed E-state index contributed by atoms with van der Waals surface area (Å²) in [6.07, 6.45) is 3.89. The van der Waals surface area contributed by atoms with Gasteiger partial charge in [-0.1, -0.05) is 44.2 Å². The molecule has 124 valence electrons. The molecule has 0 radical (unpaired) electrons. The van der Waals surface area contributed by atoms with E-state index in [1.807, 2.05) is 32.6 Å². The molecule has 1 aromatic heterocycles. The molecule has 0 saturated carbocycles. The van der Waals surface area contributed by atoms with Crippen LogP contribution in [0.15, 0.2) is 47.7 Å². The van der Waals surface area contributed by atoms with Gasteiger partial charge in [0.2, 0.25) is 0 Å². The summed E-state index contributed by atoms with van der Waals surface area (Å²) in [6, 6.07) is 10.4. The van der Waals surface area contributed by atoms with E-state index in [-0.39, 0.29) is 0 Å². The number of rotatable bonds is 6. The molecule has 0 atom stereocenters. The van der Waals surface area contributed by atoms with Gasteiger partial charge in [0, 0.05) is 39.6 Å². The van der Waals surface area contributed by atoms with E-state index in [2.05, 4.69) is 62.9 Å². The summed E-state index contributed by atoms with van der Waals surface area (Å²) in [6.45, 7) is 6.90. The molecule has 1 heterocycles. The Morgan fingerprint density at radius 3 is 2.70 bits per heavy atom. The van der Waals surface area contributed by atoms with E-state index in [0.29, 0.717) is 12.5 Å². The minimum Gasteiger partial charge on any atom is -0.349 e. The summed E-state index contributed by atoms with van der Waals surface area (Å²) >= 11 is 0. The highest BCUT2D eigenvalue weighted by atomic mass is 15.3. The average Bonchev–Trinajstić information content (AvgIpc) is 2.95. The van der Waals surface area contributed by atoms with Crippen molar-refractivity contribution < 1.29 is 0 Å². The Balaban J connectivity index is 1.94. The maximum Gasteiger partial charge on any atom is 0.194 e. The first-order chi connectivity index (χ1) is 11.1. The van der Waals surface area contributed by atoms with Crippen LogP contribution in [0.25, 0.3) is 0 Å². The van der Waals surface area contributed by atoms with Crippen LogP contribution < -0.4 is 5.32 Å². The zero-order chi connectivity index (χ0) is 16.7. The van der Waals surface area contributed by atoms with Crippen LogP contribution in [0, 0.1) is 5.92 Å². The maximum absolute atomic E-state index is 4.45. The first-order valence-electron chi connectivity index (χ1n) is 8.06. The lowest BCUT2D eigenvalue weighted by Crippen LogP contribution is -2.38. The van der Waals surface area contributed by atoms with Gasteiger partial charge < -0.3 is 14.8 Å². The summed E-state index contributed by atoms with van der Waals surface area (Å²) in [5.74, 6) is 2.50. The third-order valence-corrected chi connectivity index (χ3v) is 3.60.